The normalized spacial score (nSPS) is 13.0. The second-order valence-electron chi connectivity index (χ2n) is 4.43. The number of anilines is 1. The van der Waals surface area contributed by atoms with Crippen molar-refractivity contribution in [3.63, 3.8) is 0 Å². The lowest BCUT2D eigenvalue weighted by atomic mass is 10.2. The van der Waals surface area contributed by atoms with Gasteiger partial charge in [-0.25, -0.2) is 0 Å². The molecule has 0 aliphatic heterocycles. The van der Waals surface area contributed by atoms with Gasteiger partial charge in [0.1, 0.15) is 11.7 Å². The Balaban J connectivity index is 2.23. The lowest BCUT2D eigenvalue weighted by molar-refractivity contribution is -0.137. The van der Waals surface area contributed by atoms with Gasteiger partial charge in [-0.2, -0.15) is 18.3 Å². The van der Waals surface area contributed by atoms with Crippen LogP contribution in [0.4, 0.5) is 18.9 Å². The largest absolute Gasteiger partial charge is 0.417 e. The molecule has 0 saturated heterocycles. The zero-order chi connectivity index (χ0) is 16.5. The number of amides is 1. The van der Waals surface area contributed by atoms with Gasteiger partial charge in [-0.15, -0.1) is 0 Å². The summed E-state index contributed by atoms with van der Waals surface area (Å²) in [5.74, 6) is -0.704. The number of hydrogen-bond donors (Lipinski definition) is 2. The maximum atomic E-state index is 12.6. The summed E-state index contributed by atoms with van der Waals surface area (Å²) in [6.07, 6.45) is -1.41. The van der Waals surface area contributed by atoms with E-state index in [1.807, 2.05) is 4.98 Å². The first-order valence-corrected chi connectivity index (χ1v) is 6.36. The van der Waals surface area contributed by atoms with Crippen LogP contribution in [0.15, 0.2) is 29.5 Å². The third-order valence-corrected chi connectivity index (χ3v) is 3.03. The fraction of sp³-hybridized carbons (Fsp3) is 0.250. The van der Waals surface area contributed by atoms with Crippen LogP contribution in [0.5, 0.6) is 0 Å². The van der Waals surface area contributed by atoms with E-state index in [4.69, 9.17) is 11.6 Å². The van der Waals surface area contributed by atoms with Crippen LogP contribution in [0.1, 0.15) is 18.5 Å². The van der Waals surface area contributed by atoms with E-state index in [-0.39, 0.29) is 0 Å². The summed E-state index contributed by atoms with van der Waals surface area (Å²) in [4.78, 5) is 25.4. The molecule has 2 heterocycles. The van der Waals surface area contributed by atoms with Crippen LogP contribution in [-0.2, 0) is 11.0 Å². The Hall–Kier alpha value is -2.29. The molecule has 2 aromatic heterocycles. The Morgan fingerprint density at radius 1 is 1.50 bits per heavy atom. The van der Waals surface area contributed by atoms with E-state index >= 15 is 0 Å². The van der Waals surface area contributed by atoms with E-state index in [2.05, 4.69) is 10.4 Å². The first-order chi connectivity index (χ1) is 10.2. The molecular weight excluding hydrogens is 325 g/mol. The Morgan fingerprint density at radius 3 is 2.73 bits per heavy atom. The van der Waals surface area contributed by atoms with Crippen molar-refractivity contribution in [1.82, 2.24) is 14.8 Å². The van der Waals surface area contributed by atoms with Gasteiger partial charge in [0.15, 0.2) is 0 Å². The monoisotopic (exact) mass is 334 g/mol. The summed E-state index contributed by atoms with van der Waals surface area (Å²) in [5.41, 5.74) is -2.41. The molecule has 1 amide bonds. The molecule has 2 aromatic rings. The Morgan fingerprint density at radius 2 is 2.18 bits per heavy atom. The molecule has 0 bridgehead atoms. The van der Waals surface area contributed by atoms with Gasteiger partial charge >= 0.3 is 6.18 Å². The van der Waals surface area contributed by atoms with E-state index in [1.165, 1.54) is 24.0 Å². The summed E-state index contributed by atoms with van der Waals surface area (Å²) >= 11 is 5.67. The molecule has 0 fully saturated rings. The number of alkyl halides is 3. The van der Waals surface area contributed by atoms with Crippen LogP contribution in [0.25, 0.3) is 0 Å². The predicted octanol–water partition coefficient (Wildman–Crippen LogP) is 2.44. The number of halogens is 4. The molecule has 6 nitrogen and oxygen atoms in total. The van der Waals surface area contributed by atoms with Gasteiger partial charge in [0, 0.05) is 12.4 Å². The molecule has 1 atom stereocenters. The van der Waals surface area contributed by atoms with Crippen molar-refractivity contribution in [2.75, 3.05) is 5.32 Å². The quantitative estimate of drug-likeness (QED) is 0.904. The minimum absolute atomic E-state index is 0.302. The highest BCUT2D eigenvalue weighted by Crippen LogP contribution is 2.29. The highest BCUT2D eigenvalue weighted by Gasteiger charge is 2.31. The van der Waals surface area contributed by atoms with Crippen molar-refractivity contribution < 1.29 is 18.0 Å². The zero-order valence-corrected chi connectivity index (χ0v) is 11.9. The fourth-order valence-electron chi connectivity index (χ4n) is 1.62. The van der Waals surface area contributed by atoms with Crippen molar-refractivity contribution in [1.29, 1.82) is 0 Å². The summed E-state index contributed by atoms with van der Waals surface area (Å²) in [5, 5.41) is 6.26. The number of nitrogens with zero attached hydrogens (tertiary/aromatic N) is 2. The minimum Gasteiger partial charge on any atom is -0.327 e. The summed E-state index contributed by atoms with van der Waals surface area (Å²) in [7, 11) is 0. The number of carbonyl (C=O) groups excluding carboxylic acids is 1. The average molecular weight is 335 g/mol. The number of carbonyl (C=O) groups is 1. The van der Waals surface area contributed by atoms with Crippen LogP contribution in [0.3, 0.4) is 0 Å². The second-order valence-corrected chi connectivity index (χ2v) is 4.87. The Kier molecular flexibility index (Phi) is 4.27. The molecule has 10 heteroatoms. The average Bonchev–Trinajstić information content (AvgIpc) is 2.85. The molecule has 0 aromatic carbocycles. The number of hydrogen-bond acceptors (Lipinski definition) is 3. The van der Waals surface area contributed by atoms with E-state index in [1.54, 1.807) is 0 Å². The predicted molar refractivity (Wildman–Crippen MR) is 72.6 cm³/mol. The maximum Gasteiger partial charge on any atom is 0.417 e. The van der Waals surface area contributed by atoms with Crippen molar-refractivity contribution in [3.05, 3.63) is 45.6 Å². The lowest BCUT2D eigenvalue weighted by Crippen LogP contribution is -2.27. The fourth-order valence-corrected chi connectivity index (χ4v) is 1.77. The molecule has 1 unspecified atom stereocenters. The molecule has 0 aliphatic rings. The molecule has 0 aliphatic carbocycles. The van der Waals surface area contributed by atoms with Gasteiger partial charge in [0.2, 0.25) is 5.91 Å². The number of rotatable bonds is 3. The first-order valence-electron chi connectivity index (χ1n) is 5.99. The van der Waals surface area contributed by atoms with Gasteiger partial charge in [-0.3, -0.25) is 14.3 Å². The summed E-state index contributed by atoms with van der Waals surface area (Å²) in [6, 6.07) is -0.291. The smallest absolute Gasteiger partial charge is 0.327 e. The third kappa shape index (κ3) is 3.48. The summed E-state index contributed by atoms with van der Waals surface area (Å²) in [6.45, 7) is 1.46. The number of aromatic amines is 1. The van der Waals surface area contributed by atoms with Gasteiger partial charge in [-0.1, -0.05) is 11.6 Å². The van der Waals surface area contributed by atoms with E-state index in [0.717, 1.165) is 0 Å². The van der Waals surface area contributed by atoms with Crippen LogP contribution in [0.2, 0.25) is 5.02 Å². The topological polar surface area (TPSA) is 79.8 Å². The molecule has 2 N–H and O–H groups in total. The van der Waals surface area contributed by atoms with Crippen molar-refractivity contribution >= 4 is 23.2 Å². The van der Waals surface area contributed by atoms with Gasteiger partial charge in [0.25, 0.3) is 5.56 Å². The molecule has 118 valence electrons. The molecule has 0 saturated carbocycles. The Bertz CT molecular complexity index is 753. The molecular formula is C12H10ClF3N4O2. The van der Waals surface area contributed by atoms with Crippen molar-refractivity contribution in [3.8, 4) is 0 Å². The number of pyridine rings is 1. The van der Waals surface area contributed by atoms with Crippen LogP contribution in [-0.4, -0.2) is 20.7 Å². The molecule has 22 heavy (non-hydrogen) atoms. The highest BCUT2D eigenvalue weighted by molar-refractivity contribution is 6.30. The third-order valence-electron chi connectivity index (χ3n) is 2.83. The van der Waals surface area contributed by atoms with Gasteiger partial charge < -0.3 is 10.3 Å². The molecule has 0 spiro atoms. The van der Waals surface area contributed by atoms with Gasteiger partial charge in [0.05, 0.1) is 16.8 Å². The first kappa shape index (κ1) is 16.1. The van der Waals surface area contributed by atoms with Crippen molar-refractivity contribution in [2.45, 2.75) is 19.1 Å². The number of aromatic nitrogens is 3. The number of H-pyrrole nitrogens is 1. The van der Waals surface area contributed by atoms with E-state index in [0.29, 0.717) is 17.3 Å². The van der Waals surface area contributed by atoms with Crippen LogP contribution in [0, 0.1) is 0 Å². The standard InChI is InChI=1S/C12H10ClF3N4O2/c1-6(20-5-8(13)4-18-20)10(21)19-9-2-7(12(14,15)16)3-17-11(9)22/h2-6H,1H3,(H,17,22)(H,19,21). The highest BCUT2D eigenvalue weighted by atomic mass is 35.5. The van der Waals surface area contributed by atoms with Crippen LogP contribution >= 0.6 is 11.6 Å². The zero-order valence-electron chi connectivity index (χ0n) is 11.1. The SMILES string of the molecule is CC(C(=O)Nc1cc(C(F)(F)F)c[nH]c1=O)n1cc(Cl)cn1. The van der Waals surface area contributed by atoms with E-state index < -0.39 is 34.9 Å². The minimum atomic E-state index is -4.63. The second kappa shape index (κ2) is 5.84. The number of nitrogens with one attached hydrogen (secondary N) is 2. The maximum absolute atomic E-state index is 12.6. The molecule has 0 radical (unpaired) electrons. The summed E-state index contributed by atoms with van der Waals surface area (Å²) < 4.78 is 39.0. The Labute approximate surface area is 126 Å². The lowest BCUT2D eigenvalue weighted by Gasteiger charge is -2.13. The van der Waals surface area contributed by atoms with Crippen LogP contribution < -0.4 is 10.9 Å². The van der Waals surface area contributed by atoms with E-state index in [9.17, 15) is 22.8 Å². The van der Waals surface area contributed by atoms with Gasteiger partial charge in [-0.05, 0) is 13.0 Å². The van der Waals surface area contributed by atoms with Crippen molar-refractivity contribution in [2.24, 2.45) is 0 Å². The molecule has 2 rings (SSSR count).